The van der Waals surface area contributed by atoms with Crippen molar-refractivity contribution in [2.75, 3.05) is 22.6 Å². The van der Waals surface area contributed by atoms with Gasteiger partial charge >= 0.3 is 5.97 Å². The Balaban J connectivity index is 2.13. The molecule has 1 aliphatic rings. The molecule has 0 aromatic heterocycles. The Kier molecular flexibility index (Phi) is 3.78. The highest BCUT2D eigenvalue weighted by atomic mass is 32.2. The smallest absolute Gasteiger partial charge is 0.335 e. The third-order valence-electron chi connectivity index (χ3n) is 2.88. The summed E-state index contributed by atoms with van der Waals surface area (Å²) in [6.07, 6.45) is 2.20. The number of hydrogen-bond acceptors (Lipinski definition) is 4. The first-order valence-corrected chi connectivity index (χ1v) is 6.79. The second-order valence-corrected chi connectivity index (χ2v) is 5.36. The third-order valence-corrected chi connectivity index (χ3v) is 3.93. The predicted octanol–water partition coefficient (Wildman–Crippen LogP) is 2.27. The normalized spacial score (nSPS) is 16.7. The van der Waals surface area contributed by atoms with E-state index in [0.29, 0.717) is 11.7 Å². The number of anilines is 2. The molecule has 5 heteroatoms. The quantitative estimate of drug-likeness (QED) is 0.719. The Morgan fingerprint density at radius 1 is 1.41 bits per heavy atom. The standard InChI is InChI=1S/C12H16N2O2S/c13-10-2-1-8(12(15)16)7-11(10)14-9-3-5-17-6-4-9/h1-2,7,9,14H,3-6,13H2,(H,15,16). The summed E-state index contributed by atoms with van der Waals surface area (Å²) in [5.41, 5.74) is 7.46. The van der Waals surface area contributed by atoms with Gasteiger partial charge < -0.3 is 16.2 Å². The van der Waals surface area contributed by atoms with Gasteiger partial charge in [-0.1, -0.05) is 0 Å². The van der Waals surface area contributed by atoms with Gasteiger partial charge in [-0.05, 0) is 42.5 Å². The highest BCUT2D eigenvalue weighted by molar-refractivity contribution is 7.99. The van der Waals surface area contributed by atoms with Crippen molar-refractivity contribution in [1.82, 2.24) is 0 Å². The average molecular weight is 252 g/mol. The van der Waals surface area contributed by atoms with Crippen LogP contribution in [0.15, 0.2) is 18.2 Å². The van der Waals surface area contributed by atoms with Crippen molar-refractivity contribution in [2.24, 2.45) is 0 Å². The lowest BCUT2D eigenvalue weighted by Crippen LogP contribution is -2.25. The number of carbonyl (C=O) groups is 1. The molecule has 0 radical (unpaired) electrons. The minimum absolute atomic E-state index is 0.270. The number of rotatable bonds is 3. The highest BCUT2D eigenvalue weighted by Gasteiger charge is 2.15. The molecule has 92 valence electrons. The van der Waals surface area contributed by atoms with Crippen LogP contribution in [0.2, 0.25) is 0 Å². The third kappa shape index (κ3) is 3.06. The molecule has 0 spiro atoms. The number of thioether (sulfide) groups is 1. The van der Waals surface area contributed by atoms with Crippen LogP contribution < -0.4 is 11.1 Å². The molecule has 1 aromatic rings. The molecule has 0 bridgehead atoms. The number of carboxylic acids is 1. The molecule has 17 heavy (non-hydrogen) atoms. The van der Waals surface area contributed by atoms with Crippen LogP contribution in [0, 0.1) is 0 Å². The molecule has 1 aromatic carbocycles. The zero-order valence-corrected chi connectivity index (χ0v) is 10.3. The summed E-state index contributed by atoms with van der Waals surface area (Å²) in [6.45, 7) is 0. The maximum absolute atomic E-state index is 10.9. The summed E-state index contributed by atoms with van der Waals surface area (Å²) < 4.78 is 0. The van der Waals surface area contributed by atoms with Crippen molar-refractivity contribution in [3.05, 3.63) is 23.8 Å². The summed E-state index contributed by atoms with van der Waals surface area (Å²) in [5, 5.41) is 12.3. The van der Waals surface area contributed by atoms with Gasteiger partial charge in [0, 0.05) is 6.04 Å². The fourth-order valence-electron chi connectivity index (χ4n) is 1.88. The Labute approximate surface area is 105 Å². The molecule has 0 unspecified atom stereocenters. The molecular formula is C12H16N2O2S. The molecule has 0 amide bonds. The van der Waals surface area contributed by atoms with Crippen LogP contribution >= 0.6 is 11.8 Å². The first-order chi connectivity index (χ1) is 8.16. The largest absolute Gasteiger partial charge is 0.478 e. The number of hydrogen-bond donors (Lipinski definition) is 3. The lowest BCUT2D eigenvalue weighted by Gasteiger charge is -2.24. The molecule has 0 atom stereocenters. The number of nitrogens with two attached hydrogens (primary N) is 1. The summed E-state index contributed by atoms with van der Waals surface area (Å²) in [5.74, 6) is 1.37. The number of aromatic carboxylic acids is 1. The van der Waals surface area contributed by atoms with Crippen LogP contribution in [0.3, 0.4) is 0 Å². The summed E-state index contributed by atoms with van der Waals surface area (Å²) in [7, 11) is 0. The van der Waals surface area contributed by atoms with E-state index >= 15 is 0 Å². The molecule has 1 heterocycles. The molecule has 1 saturated heterocycles. The van der Waals surface area contributed by atoms with Gasteiger partial charge in [0.05, 0.1) is 16.9 Å². The van der Waals surface area contributed by atoms with E-state index < -0.39 is 5.97 Å². The van der Waals surface area contributed by atoms with Gasteiger partial charge in [-0.25, -0.2) is 4.79 Å². The lowest BCUT2D eigenvalue weighted by atomic mass is 10.1. The van der Waals surface area contributed by atoms with Crippen molar-refractivity contribution >= 4 is 29.1 Å². The van der Waals surface area contributed by atoms with Crippen molar-refractivity contribution in [2.45, 2.75) is 18.9 Å². The number of carboxylic acid groups (broad SMARTS) is 1. The minimum atomic E-state index is -0.924. The van der Waals surface area contributed by atoms with E-state index in [2.05, 4.69) is 5.32 Å². The van der Waals surface area contributed by atoms with E-state index in [-0.39, 0.29) is 5.56 Å². The fourth-order valence-corrected chi connectivity index (χ4v) is 2.98. The van der Waals surface area contributed by atoms with Gasteiger partial charge in [0.25, 0.3) is 0 Å². The SMILES string of the molecule is Nc1ccc(C(=O)O)cc1NC1CCSCC1. The zero-order valence-electron chi connectivity index (χ0n) is 9.48. The Morgan fingerprint density at radius 3 is 2.76 bits per heavy atom. The molecule has 4 N–H and O–H groups in total. The molecule has 1 fully saturated rings. The summed E-state index contributed by atoms with van der Waals surface area (Å²) >= 11 is 1.96. The second-order valence-electron chi connectivity index (χ2n) is 4.14. The topological polar surface area (TPSA) is 75.4 Å². The van der Waals surface area contributed by atoms with Crippen molar-refractivity contribution in [1.29, 1.82) is 0 Å². The monoisotopic (exact) mass is 252 g/mol. The van der Waals surface area contributed by atoms with E-state index in [1.807, 2.05) is 11.8 Å². The van der Waals surface area contributed by atoms with Gasteiger partial charge in [-0.3, -0.25) is 0 Å². The van der Waals surface area contributed by atoms with Crippen molar-refractivity contribution in [3.63, 3.8) is 0 Å². The minimum Gasteiger partial charge on any atom is -0.478 e. The van der Waals surface area contributed by atoms with Crippen molar-refractivity contribution in [3.8, 4) is 0 Å². The maximum Gasteiger partial charge on any atom is 0.335 e. The van der Waals surface area contributed by atoms with E-state index in [0.717, 1.165) is 30.0 Å². The predicted molar refractivity (Wildman–Crippen MR) is 71.8 cm³/mol. The van der Waals surface area contributed by atoms with Gasteiger partial charge in [-0.15, -0.1) is 0 Å². The Bertz CT molecular complexity index is 417. The number of nitrogens with one attached hydrogen (secondary N) is 1. The van der Waals surface area contributed by atoms with Crippen LogP contribution in [-0.4, -0.2) is 28.6 Å². The first kappa shape index (κ1) is 12.1. The number of benzene rings is 1. The van der Waals surface area contributed by atoms with E-state index in [9.17, 15) is 4.79 Å². The van der Waals surface area contributed by atoms with E-state index in [1.54, 1.807) is 12.1 Å². The van der Waals surface area contributed by atoms with Gasteiger partial charge in [-0.2, -0.15) is 11.8 Å². The van der Waals surface area contributed by atoms with Crippen LogP contribution in [0.4, 0.5) is 11.4 Å². The van der Waals surface area contributed by atoms with E-state index in [1.165, 1.54) is 6.07 Å². The summed E-state index contributed by atoms with van der Waals surface area (Å²) in [4.78, 5) is 10.9. The van der Waals surface area contributed by atoms with Crippen LogP contribution in [0.1, 0.15) is 23.2 Å². The first-order valence-electron chi connectivity index (χ1n) is 5.64. The Hall–Kier alpha value is -1.36. The van der Waals surface area contributed by atoms with Crippen molar-refractivity contribution < 1.29 is 9.90 Å². The summed E-state index contributed by atoms with van der Waals surface area (Å²) in [6, 6.07) is 5.19. The molecular weight excluding hydrogens is 236 g/mol. The molecule has 0 aliphatic carbocycles. The van der Waals surface area contributed by atoms with Gasteiger partial charge in [0.1, 0.15) is 0 Å². The van der Waals surface area contributed by atoms with Crippen LogP contribution in [0.25, 0.3) is 0 Å². The molecule has 4 nitrogen and oxygen atoms in total. The highest BCUT2D eigenvalue weighted by Crippen LogP contribution is 2.25. The number of nitrogen functional groups attached to an aromatic ring is 1. The molecule has 0 saturated carbocycles. The lowest BCUT2D eigenvalue weighted by molar-refractivity contribution is 0.0697. The maximum atomic E-state index is 10.9. The van der Waals surface area contributed by atoms with Gasteiger partial charge in [0.15, 0.2) is 0 Å². The molecule has 1 aliphatic heterocycles. The zero-order chi connectivity index (χ0) is 12.3. The van der Waals surface area contributed by atoms with Gasteiger partial charge in [0.2, 0.25) is 0 Å². The van der Waals surface area contributed by atoms with Crippen LogP contribution in [-0.2, 0) is 0 Å². The second kappa shape index (κ2) is 5.31. The van der Waals surface area contributed by atoms with E-state index in [4.69, 9.17) is 10.8 Å². The van der Waals surface area contributed by atoms with Crippen LogP contribution in [0.5, 0.6) is 0 Å². The molecule has 2 rings (SSSR count). The average Bonchev–Trinajstić information content (AvgIpc) is 2.33. The fraction of sp³-hybridized carbons (Fsp3) is 0.417. The Morgan fingerprint density at radius 2 is 2.12 bits per heavy atom.